The van der Waals surface area contributed by atoms with Crippen molar-refractivity contribution >= 4 is 80.9 Å². The summed E-state index contributed by atoms with van der Waals surface area (Å²) in [4.78, 5) is 0. The van der Waals surface area contributed by atoms with Crippen LogP contribution in [0.25, 0.3) is 54.1 Å². The van der Waals surface area contributed by atoms with Crippen molar-refractivity contribution in [1.29, 1.82) is 0 Å². The fourth-order valence-electron chi connectivity index (χ4n) is 6.12. The highest BCUT2D eigenvalue weighted by molar-refractivity contribution is 6.89. The lowest BCUT2D eigenvalue weighted by Gasteiger charge is -2.29. The van der Waals surface area contributed by atoms with Gasteiger partial charge < -0.3 is 9.13 Å². The molecule has 0 unspecified atom stereocenters. The van der Waals surface area contributed by atoms with Crippen molar-refractivity contribution in [3.8, 4) is 0 Å². The molecule has 4 heteroatoms. The summed E-state index contributed by atoms with van der Waals surface area (Å²) >= 11 is 0. The Balaban J connectivity index is 1.68. The molecule has 0 amide bonds. The van der Waals surface area contributed by atoms with Gasteiger partial charge in [0.25, 0.3) is 0 Å². The molecule has 0 bridgehead atoms. The van der Waals surface area contributed by atoms with E-state index in [1.54, 1.807) is 0 Å². The Morgan fingerprint density at radius 1 is 0.529 bits per heavy atom. The van der Waals surface area contributed by atoms with Gasteiger partial charge in [-0.25, -0.2) is 0 Å². The fourth-order valence-corrected chi connectivity index (χ4v) is 9.52. The van der Waals surface area contributed by atoms with Crippen LogP contribution in [-0.2, 0) is 14.1 Å². The first-order valence-electron chi connectivity index (χ1n) is 12.3. The van der Waals surface area contributed by atoms with E-state index in [4.69, 9.17) is 0 Å². The molecule has 0 saturated heterocycles. The minimum absolute atomic E-state index is 1.34. The van der Waals surface area contributed by atoms with E-state index in [1.807, 2.05) is 0 Å². The topological polar surface area (TPSA) is 9.86 Å². The van der Waals surface area contributed by atoms with Gasteiger partial charge in [-0.2, -0.15) is 19.6 Å². The molecule has 34 heavy (non-hydrogen) atoms. The SMILES string of the molecule is Cn1c([Si](C)(C)C)cc2c3ccc4c(ccc5c4ccc4c5cc([Si-](C)(C)C)n4C)c3ccc21. The van der Waals surface area contributed by atoms with Crippen LogP contribution in [0.15, 0.2) is 60.7 Å². The molecule has 0 saturated carbocycles. The zero-order chi connectivity index (χ0) is 24.2. The molecular weight excluding hydrogens is 445 g/mol. The van der Waals surface area contributed by atoms with Crippen LogP contribution in [0.4, 0.5) is 0 Å². The van der Waals surface area contributed by atoms with Crippen LogP contribution in [0.3, 0.4) is 0 Å². The third-order valence-electron chi connectivity index (χ3n) is 7.78. The van der Waals surface area contributed by atoms with Crippen LogP contribution < -0.4 is 10.6 Å². The number of nitrogens with zero attached hydrogens (tertiary/aromatic N) is 2. The second-order valence-corrected chi connectivity index (χ2v) is 22.1. The Labute approximate surface area is 203 Å². The number of rotatable bonds is 2. The lowest BCUT2D eigenvalue weighted by Crippen LogP contribution is -2.41. The van der Waals surface area contributed by atoms with Crippen LogP contribution in [-0.4, -0.2) is 25.3 Å². The predicted octanol–water partition coefficient (Wildman–Crippen LogP) is 7.22. The fraction of sp³-hybridized carbons (Fsp3) is 0.267. The highest BCUT2D eigenvalue weighted by atomic mass is 28.3. The van der Waals surface area contributed by atoms with E-state index >= 15 is 0 Å². The van der Waals surface area contributed by atoms with Crippen molar-refractivity contribution in [3.05, 3.63) is 60.7 Å². The standard InChI is InChI=1S/C30H34N2Si2/c1-31-27-15-13-21-19-10-12-24-22(14-16-28-26(24)18-30(32(28)2)34(6,7)8)20(19)9-11-23(21)25(27)17-29(31)33(3,4)5/h9-18H,1-8H3/q-1. The molecule has 2 nitrogen and oxygen atoms in total. The van der Waals surface area contributed by atoms with Crippen molar-refractivity contribution in [2.24, 2.45) is 14.1 Å². The number of benzene rings is 4. The van der Waals surface area contributed by atoms with Crippen molar-refractivity contribution < 1.29 is 0 Å². The van der Waals surface area contributed by atoms with Crippen molar-refractivity contribution in [2.45, 2.75) is 39.3 Å². The Morgan fingerprint density at radius 3 is 1.35 bits per heavy atom. The van der Waals surface area contributed by atoms with E-state index in [0.717, 1.165) is 0 Å². The molecule has 2 heterocycles. The third kappa shape index (κ3) is 2.91. The van der Waals surface area contributed by atoms with E-state index < -0.39 is 16.1 Å². The summed E-state index contributed by atoms with van der Waals surface area (Å²) in [5, 5.41) is 14.0. The van der Waals surface area contributed by atoms with Crippen LogP contribution in [0.5, 0.6) is 0 Å². The third-order valence-corrected chi connectivity index (χ3v) is 11.8. The first-order chi connectivity index (χ1) is 16.0. The number of aryl methyl sites for hydroxylation is 2. The Hall–Kier alpha value is -2.83. The molecular formula is C30H34N2Si2-. The summed E-state index contributed by atoms with van der Waals surface area (Å²) in [7, 11) is 1.63. The summed E-state index contributed by atoms with van der Waals surface area (Å²) in [6, 6.07) is 23.7. The maximum absolute atomic E-state index is 2.46. The first kappa shape index (κ1) is 21.7. The van der Waals surface area contributed by atoms with Gasteiger partial charge >= 0.3 is 0 Å². The zero-order valence-electron chi connectivity index (χ0n) is 21.7. The number of aromatic nitrogens is 2. The average Bonchev–Trinajstić information content (AvgIpc) is 3.30. The van der Waals surface area contributed by atoms with Crippen molar-refractivity contribution in [1.82, 2.24) is 9.13 Å². The molecule has 173 valence electrons. The average molecular weight is 479 g/mol. The molecule has 0 fully saturated rings. The monoisotopic (exact) mass is 478 g/mol. The van der Waals surface area contributed by atoms with Gasteiger partial charge in [0.15, 0.2) is 0 Å². The second-order valence-electron chi connectivity index (χ2n) is 12.1. The van der Waals surface area contributed by atoms with Gasteiger partial charge in [-0.3, -0.25) is 0 Å². The van der Waals surface area contributed by atoms with Gasteiger partial charge in [-0.05, 0) is 50.5 Å². The van der Waals surface area contributed by atoms with Crippen LogP contribution in [0.1, 0.15) is 0 Å². The van der Waals surface area contributed by atoms with Gasteiger partial charge in [0.1, 0.15) is 0 Å². The van der Waals surface area contributed by atoms with E-state index in [1.165, 1.54) is 64.8 Å². The lowest BCUT2D eigenvalue weighted by atomic mass is 9.94. The van der Waals surface area contributed by atoms with E-state index in [-0.39, 0.29) is 0 Å². The van der Waals surface area contributed by atoms with E-state index in [9.17, 15) is 0 Å². The number of hydrogen-bond donors (Lipinski definition) is 0. The largest absolute Gasteiger partial charge is 0.382 e. The lowest BCUT2D eigenvalue weighted by molar-refractivity contribution is 0.996. The molecule has 6 rings (SSSR count). The normalized spacial score (nSPS) is 13.3. The van der Waals surface area contributed by atoms with Crippen LogP contribution in [0.2, 0.25) is 39.3 Å². The van der Waals surface area contributed by atoms with Crippen molar-refractivity contribution in [2.75, 3.05) is 0 Å². The van der Waals surface area contributed by atoms with Gasteiger partial charge in [0.05, 0.1) is 8.07 Å². The maximum atomic E-state index is 2.46. The molecule has 6 aromatic rings. The molecule has 0 spiro atoms. The molecule has 0 aliphatic heterocycles. The second kappa shape index (κ2) is 6.86. The van der Waals surface area contributed by atoms with E-state index in [2.05, 4.69) is 123 Å². The van der Waals surface area contributed by atoms with Gasteiger partial charge in [-0.15, -0.1) is 13.4 Å². The predicted molar refractivity (Wildman–Crippen MR) is 158 cm³/mol. The maximum Gasteiger partial charge on any atom is 0.0984 e. The zero-order valence-corrected chi connectivity index (χ0v) is 23.7. The number of fused-ring (bicyclic) bond motifs is 9. The number of hydrogen-bond acceptors (Lipinski definition) is 0. The molecule has 0 aliphatic rings. The highest BCUT2D eigenvalue weighted by Crippen LogP contribution is 2.37. The summed E-state index contributed by atoms with van der Waals surface area (Å²) in [6.07, 6.45) is 0. The molecule has 0 radical (unpaired) electrons. The highest BCUT2D eigenvalue weighted by Gasteiger charge is 2.22. The molecule has 0 aliphatic carbocycles. The minimum Gasteiger partial charge on any atom is -0.382 e. The minimum atomic E-state index is -1.42. The Kier molecular flexibility index (Phi) is 4.38. The van der Waals surface area contributed by atoms with Gasteiger partial charge in [0, 0.05) is 41.2 Å². The summed E-state index contributed by atoms with van der Waals surface area (Å²) in [5.41, 5.74) is 2.69. The molecule has 0 N–H and O–H groups in total. The smallest absolute Gasteiger partial charge is 0.0984 e. The summed E-state index contributed by atoms with van der Waals surface area (Å²) < 4.78 is 4.85. The Morgan fingerprint density at radius 2 is 0.912 bits per heavy atom. The summed E-state index contributed by atoms with van der Waals surface area (Å²) in [5.74, 6) is 0. The van der Waals surface area contributed by atoms with Crippen LogP contribution in [0, 0.1) is 0 Å². The van der Waals surface area contributed by atoms with Gasteiger partial charge in [-0.1, -0.05) is 62.1 Å². The molecule has 0 atom stereocenters. The Bertz CT molecular complexity index is 1650. The van der Waals surface area contributed by atoms with Gasteiger partial charge in [0.2, 0.25) is 0 Å². The molecule has 2 aromatic heterocycles. The quantitative estimate of drug-likeness (QED) is 0.184. The van der Waals surface area contributed by atoms with E-state index in [0.29, 0.717) is 0 Å². The molecule has 4 aromatic carbocycles. The van der Waals surface area contributed by atoms with Crippen LogP contribution >= 0.6 is 0 Å². The first-order valence-corrected chi connectivity index (χ1v) is 19.3. The van der Waals surface area contributed by atoms with Crippen molar-refractivity contribution in [3.63, 3.8) is 0 Å². The summed E-state index contributed by atoms with van der Waals surface area (Å²) in [6.45, 7) is 14.6.